The molecule has 0 radical (unpaired) electrons. The highest BCUT2D eigenvalue weighted by molar-refractivity contribution is 5.40. The molecule has 0 fully saturated rings. The van der Waals surface area contributed by atoms with Crippen LogP contribution in [0.25, 0.3) is 0 Å². The van der Waals surface area contributed by atoms with Gasteiger partial charge in [-0.25, -0.2) is 0 Å². The van der Waals surface area contributed by atoms with Crippen LogP contribution in [-0.4, -0.2) is 25.4 Å². The van der Waals surface area contributed by atoms with Crippen LogP contribution in [-0.2, 0) is 0 Å². The van der Waals surface area contributed by atoms with Gasteiger partial charge in [0.1, 0.15) is 11.5 Å². The van der Waals surface area contributed by atoms with Crippen LogP contribution in [0, 0.1) is 0 Å². The summed E-state index contributed by atoms with van der Waals surface area (Å²) in [5.41, 5.74) is 6.83. The number of benzene rings is 1. The van der Waals surface area contributed by atoms with Gasteiger partial charge in [-0.3, -0.25) is 0 Å². The first kappa shape index (κ1) is 13.8. The summed E-state index contributed by atoms with van der Waals surface area (Å²) in [6.45, 7) is 2.02. The van der Waals surface area contributed by atoms with Crippen molar-refractivity contribution in [1.29, 1.82) is 0 Å². The fraction of sp³-hybridized carbons (Fsp3) is 0.538. The van der Waals surface area contributed by atoms with Crippen LogP contribution >= 0.6 is 0 Å². The molecule has 0 aromatic heterocycles. The van der Waals surface area contributed by atoms with E-state index in [1.807, 2.05) is 19.1 Å². The van der Waals surface area contributed by atoms with Gasteiger partial charge in [-0.2, -0.15) is 0 Å². The number of hydrogen-bond acceptors (Lipinski definition) is 4. The van der Waals surface area contributed by atoms with Crippen molar-refractivity contribution >= 4 is 0 Å². The number of aliphatic hydroxyl groups is 1. The summed E-state index contributed by atoms with van der Waals surface area (Å²) in [6.07, 6.45) is 1.04. The van der Waals surface area contributed by atoms with E-state index in [2.05, 4.69) is 0 Å². The van der Waals surface area contributed by atoms with Crippen molar-refractivity contribution in [3.63, 3.8) is 0 Å². The van der Waals surface area contributed by atoms with E-state index in [-0.39, 0.29) is 0 Å². The van der Waals surface area contributed by atoms with Gasteiger partial charge < -0.3 is 20.3 Å². The standard InChI is InChI=1S/C13H21NO3/c1-4-5-12(15)13(14)9-6-10(16-2)8-11(7-9)17-3/h6-8,12-13,15H,4-5,14H2,1-3H3/t12-,13+/m0/s1. The van der Waals surface area contributed by atoms with Gasteiger partial charge >= 0.3 is 0 Å². The Morgan fingerprint density at radius 2 is 1.71 bits per heavy atom. The molecule has 0 amide bonds. The van der Waals surface area contributed by atoms with Gasteiger partial charge in [-0.05, 0) is 24.1 Å². The molecule has 0 aliphatic rings. The number of aliphatic hydroxyl groups excluding tert-OH is 1. The quantitative estimate of drug-likeness (QED) is 0.795. The number of rotatable bonds is 6. The van der Waals surface area contributed by atoms with Crippen molar-refractivity contribution < 1.29 is 14.6 Å². The van der Waals surface area contributed by atoms with Crippen LogP contribution in [0.4, 0.5) is 0 Å². The van der Waals surface area contributed by atoms with Crippen molar-refractivity contribution in [2.45, 2.75) is 31.9 Å². The van der Waals surface area contributed by atoms with Crippen molar-refractivity contribution in [2.24, 2.45) is 5.73 Å². The molecule has 0 spiro atoms. The van der Waals surface area contributed by atoms with Gasteiger partial charge in [-0.15, -0.1) is 0 Å². The molecule has 0 unspecified atom stereocenters. The van der Waals surface area contributed by atoms with Crippen molar-refractivity contribution in [3.05, 3.63) is 23.8 Å². The first-order valence-electron chi connectivity index (χ1n) is 5.79. The minimum absolute atomic E-state index is 0.418. The maximum absolute atomic E-state index is 9.89. The second-order valence-corrected chi connectivity index (χ2v) is 4.03. The molecule has 0 bridgehead atoms. The molecular weight excluding hydrogens is 218 g/mol. The summed E-state index contributed by atoms with van der Waals surface area (Å²) in [5.74, 6) is 1.36. The molecule has 1 aromatic carbocycles. The number of methoxy groups -OCH3 is 2. The second-order valence-electron chi connectivity index (χ2n) is 4.03. The highest BCUT2D eigenvalue weighted by atomic mass is 16.5. The van der Waals surface area contributed by atoms with E-state index in [4.69, 9.17) is 15.2 Å². The van der Waals surface area contributed by atoms with Gasteiger partial charge in [0.05, 0.1) is 26.4 Å². The van der Waals surface area contributed by atoms with E-state index in [9.17, 15) is 5.11 Å². The zero-order chi connectivity index (χ0) is 12.8. The molecule has 4 nitrogen and oxygen atoms in total. The molecule has 96 valence electrons. The molecule has 2 atom stereocenters. The second kappa shape index (κ2) is 6.47. The van der Waals surface area contributed by atoms with Crippen LogP contribution in [0.15, 0.2) is 18.2 Å². The van der Waals surface area contributed by atoms with E-state index in [1.54, 1.807) is 20.3 Å². The van der Waals surface area contributed by atoms with Gasteiger partial charge in [0.2, 0.25) is 0 Å². The molecule has 1 aromatic rings. The molecule has 0 aliphatic heterocycles. The largest absolute Gasteiger partial charge is 0.497 e. The van der Waals surface area contributed by atoms with Gasteiger partial charge in [-0.1, -0.05) is 13.3 Å². The Morgan fingerprint density at radius 1 is 1.18 bits per heavy atom. The molecule has 1 rings (SSSR count). The fourth-order valence-electron chi connectivity index (χ4n) is 1.72. The zero-order valence-corrected chi connectivity index (χ0v) is 10.6. The summed E-state index contributed by atoms with van der Waals surface area (Å²) in [4.78, 5) is 0. The average Bonchev–Trinajstić information content (AvgIpc) is 2.37. The summed E-state index contributed by atoms with van der Waals surface area (Å²) >= 11 is 0. The first-order chi connectivity index (χ1) is 8.12. The van der Waals surface area contributed by atoms with Gasteiger partial charge in [0, 0.05) is 6.07 Å². The summed E-state index contributed by atoms with van der Waals surface area (Å²) in [6, 6.07) is 5.01. The highest BCUT2D eigenvalue weighted by Crippen LogP contribution is 2.27. The lowest BCUT2D eigenvalue weighted by molar-refractivity contribution is 0.134. The third-order valence-electron chi connectivity index (χ3n) is 2.76. The third kappa shape index (κ3) is 3.61. The Morgan fingerprint density at radius 3 is 2.12 bits per heavy atom. The molecule has 17 heavy (non-hydrogen) atoms. The first-order valence-corrected chi connectivity index (χ1v) is 5.79. The Kier molecular flexibility index (Phi) is 5.25. The summed E-state index contributed by atoms with van der Waals surface area (Å²) < 4.78 is 10.3. The molecule has 0 heterocycles. The van der Waals surface area contributed by atoms with Crippen LogP contribution in [0.3, 0.4) is 0 Å². The highest BCUT2D eigenvalue weighted by Gasteiger charge is 2.17. The smallest absolute Gasteiger partial charge is 0.122 e. The predicted octanol–water partition coefficient (Wildman–Crippen LogP) is 1.86. The van der Waals surface area contributed by atoms with Crippen molar-refractivity contribution in [1.82, 2.24) is 0 Å². The van der Waals surface area contributed by atoms with E-state index in [0.29, 0.717) is 17.9 Å². The lowest BCUT2D eigenvalue weighted by atomic mass is 9.99. The van der Waals surface area contributed by atoms with Crippen LogP contribution < -0.4 is 15.2 Å². The lowest BCUT2D eigenvalue weighted by Crippen LogP contribution is -2.26. The van der Waals surface area contributed by atoms with E-state index in [0.717, 1.165) is 12.0 Å². The molecule has 0 saturated heterocycles. The van der Waals surface area contributed by atoms with Crippen molar-refractivity contribution in [2.75, 3.05) is 14.2 Å². The molecule has 0 aliphatic carbocycles. The predicted molar refractivity (Wildman–Crippen MR) is 67.4 cm³/mol. The minimum atomic E-state index is -0.545. The Labute approximate surface area is 102 Å². The lowest BCUT2D eigenvalue weighted by Gasteiger charge is -2.19. The molecule has 0 saturated carbocycles. The van der Waals surface area contributed by atoms with Crippen molar-refractivity contribution in [3.8, 4) is 11.5 Å². The molecular formula is C13H21NO3. The van der Waals surface area contributed by atoms with E-state index < -0.39 is 12.1 Å². The average molecular weight is 239 g/mol. The zero-order valence-electron chi connectivity index (χ0n) is 10.6. The monoisotopic (exact) mass is 239 g/mol. The van der Waals surface area contributed by atoms with E-state index >= 15 is 0 Å². The van der Waals surface area contributed by atoms with Crippen LogP contribution in [0.5, 0.6) is 11.5 Å². The minimum Gasteiger partial charge on any atom is -0.497 e. The summed E-state index contributed by atoms with van der Waals surface area (Å²) in [5, 5.41) is 9.89. The Bertz CT molecular complexity index is 332. The molecule has 4 heteroatoms. The Balaban J connectivity index is 2.95. The maximum Gasteiger partial charge on any atom is 0.122 e. The summed E-state index contributed by atoms with van der Waals surface area (Å²) in [7, 11) is 3.18. The SMILES string of the molecule is CCC[C@H](O)[C@H](N)c1cc(OC)cc(OC)c1. The maximum atomic E-state index is 9.89. The third-order valence-corrected chi connectivity index (χ3v) is 2.76. The molecule has 3 N–H and O–H groups in total. The number of hydrogen-bond donors (Lipinski definition) is 2. The van der Waals surface area contributed by atoms with Gasteiger partial charge in [0.15, 0.2) is 0 Å². The van der Waals surface area contributed by atoms with Crippen LogP contribution in [0.2, 0.25) is 0 Å². The van der Waals surface area contributed by atoms with Crippen LogP contribution in [0.1, 0.15) is 31.4 Å². The topological polar surface area (TPSA) is 64.7 Å². The Hall–Kier alpha value is -1.26. The normalized spacial score (nSPS) is 14.2. The van der Waals surface area contributed by atoms with E-state index in [1.165, 1.54) is 0 Å². The number of nitrogens with two attached hydrogens (primary N) is 1. The number of ether oxygens (including phenoxy) is 2. The van der Waals surface area contributed by atoms with Gasteiger partial charge in [0.25, 0.3) is 0 Å². The fourth-order valence-corrected chi connectivity index (χ4v) is 1.72.